The molecular formula is C32H28F4N4O5. The van der Waals surface area contributed by atoms with Crippen LogP contribution >= 0.6 is 0 Å². The lowest BCUT2D eigenvalue weighted by molar-refractivity contribution is -0.191. The summed E-state index contributed by atoms with van der Waals surface area (Å²) in [7, 11) is 0. The molecule has 2 aliphatic carbocycles. The Kier molecular flexibility index (Phi) is 6.68. The van der Waals surface area contributed by atoms with Crippen LogP contribution in [0, 0.1) is 11.7 Å². The first-order valence-electron chi connectivity index (χ1n) is 14.5. The van der Waals surface area contributed by atoms with Gasteiger partial charge in [0.1, 0.15) is 29.5 Å². The van der Waals surface area contributed by atoms with Gasteiger partial charge in [-0.15, -0.1) is 0 Å². The predicted molar refractivity (Wildman–Crippen MR) is 154 cm³/mol. The molecule has 2 aromatic carbocycles. The average Bonchev–Trinajstić information content (AvgIpc) is 3.94. The van der Waals surface area contributed by atoms with Crippen LogP contribution in [0.15, 0.2) is 59.4 Å². The van der Waals surface area contributed by atoms with Crippen LogP contribution in [-0.4, -0.2) is 46.4 Å². The lowest BCUT2D eigenvalue weighted by Crippen LogP contribution is -2.52. The molecule has 0 radical (unpaired) electrons. The van der Waals surface area contributed by atoms with Gasteiger partial charge >= 0.3 is 6.18 Å². The van der Waals surface area contributed by atoms with Crippen molar-refractivity contribution in [3.8, 4) is 22.8 Å². The van der Waals surface area contributed by atoms with E-state index < -0.39 is 47.1 Å². The quantitative estimate of drug-likeness (QED) is 0.213. The van der Waals surface area contributed by atoms with E-state index >= 15 is 0 Å². The monoisotopic (exact) mass is 624 g/mol. The van der Waals surface area contributed by atoms with Gasteiger partial charge in [-0.05, 0) is 80.1 Å². The van der Waals surface area contributed by atoms with E-state index in [0.29, 0.717) is 29.5 Å². The second-order valence-electron chi connectivity index (χ2n) is 12.0. The van der Waals surface area contributed by atoms with Gasteiger partial charge in [0.15, 0.2) is 11.3 Å². The minimum atomic E-state index is -4.90. The molecule has 7 rings (SSSR count). The summed E-state index contributed by atoms with van der Waals surface area (Å²) in [6, 6.07) is 12.0. The maximum Gasteiger partial charge on any atom is 0.414 e. The number of pyridine rings is 2. The first kappa shape index (κ1) is 29.2. The molecule has 45 heavy (non-hydrogen) atoms. The third-order valence-corrected chi connectivity index (χ3v) is 8.61. The number of aliphatic hydroxyl groups is 1. The molecule has 1 aliphatic heterocycles. The highest BCUT2D eigenvalue weighted by Gasteiger charge is 2.59. The smallest absolute Gasteiger partial charge is 0.414 e. The minimum absolute atomic E-state index is 0.0216. The van der Waals surface area contributed by atoms with Gasteiger partial charge in [-0.2, -0.15) is 13.2 Å². The topological polar surface area (TPSA) is 140 Å². The molecule has 2 atom stereocenters. The Morgan fingerprint density at radius 2 is 1.84 bits per heavy atom. The number of fused-ring (bicyclic) bond motifs is 2. The second-order valence-corrected chi connectivity index (χ2v) is 12.0. The zero-order valence-electron chi connectivity index (χ0n) is 23.7. The lowest BCUT2D eigenvalue weighted by Gasteiger charge is -2.31. The Bertz CT molecular complexity index is 1890. The van der Waals surface area contributed by atoms with Crippen LogP contribution in [0.25, 0.3) is 22.2 Å². The number of hydrogen-bond acceptors (Lipinski definition) is 7. The zero-order chi connectivity index (χ0) is 31.7. The predicted octanol–water partition coefficient (Wildman–Crippen LogP) is 4.41. The number of amides is 1. The van der Waals surface area contributed by atoms with Gasteiger partial charge in [0, 0.05) is 28.1 Å². The fourth-order valence-electron chi connectivity index (χ4n) is 5.68. The Morgan fingerprint density at radius 3 is 2.51 bits per heavy atom. The van der Waals surface area contributed by atoms with E-state index in [-0.39, 0.29) is 46.5 Å². The van der Waals surface area contributed by atoms with Gasteiger partial charge in [-0.1, -0.05) is 0 Å². The van der Waals surface area contributed by atoms with E-state index in [4.69, 9.17) is 15.2 Å². The normalized spacial score (nSPS) is 20.8. The number of nitrogens with one attached hydrogen (secondary N) is 2. The molecular weight excluding hydrogens is 596 g/mol. The number of aromatic amines is 1. The highest BCUT2D eigenvalue weighted by molar-refractivity contribution is 6.00. The molecule has 2 aromatic heterocycles. The van der Waals surface area contributed by atoms with Crippen molar-refractivity contribution in [3.05, 3.63) is 87.6 Å². The summed E-state index contributed by atoms with van der Waals surface area (Å²) in [5.74, 6) is -1.41. The zero-order valence-corrected chi connectivity index (χ0v) is 23.7. The number of aromatic nitrogens is 2. The third-order valence-electron chi connectivity index (χ3n) is 8.61. The Hall–Kier alpha value is -4.49. The number of halogens is 4. The van der Waals surface area contributed by atoms with Crippen LogP contribution in [0.1, 0.15) is 47.3 Å². The number of H-pyrrole nitrogens is 1. The van der Waals surface area contributed by atoms with Gasteiger partial charge in [0.25, 0.3) is 5.91 Å². The molecule has 13 heteroatoms. The Morgan fingerprint density at radius 1 is 1.11 bits per heavy atom. The molecule has 2 fully saturated rings. The van der Waals surface area contributed by atoms with Crippen molar-refractivity contribution in [3.63, 3.8) is 0 Å². The maximum atomic E-state index is 14.3. The third kappa shape index (κ3) is 5.19. The highest BCUT2D eigenvalue weighted by Crippen LogP contribution is 2.52. The molecule has 0 saturated heterocycles. The largest absolute Gasteiger partial charge is 0.488 e. The average molecular weight is 625 g/mol. The molecule has 1 amide bonds. The van der Waals surface area contributed by atoms with Crippen LogP contribution in [0.3, 0.4) is 0 Å². The number of hydrogen-bond donors (Lipinski definition) is 4. The molecule has 1 unspecified atom stereocenters. The van der Waals surface area contributed by atoms with E-state index in [0.717, 1.165) is 31.0 Å². The maximum absolute atomic E-state index is 14.3. The van der Waals surface area contributed by atoms with E-state index in [1.165, 1.54) is 24.3 Å². The van der Waals surface area contributed by atoms with Crippen molar-refractivity contribution in [2.75, 3.05) is 13.2 Å². The number of carbonyl (C=O) groups excluding carboxylic acids is 1. The first-order chi connectivity index (χ1) is 21.4. The van der Waals surface area contributed by atoms with Crippen LogP contribution in [0.5, 0.6) is 11.5 Å². The van der Waals surface area contributed by atoms with Crippen molar-refractivity contribution in [1.82, 2.24) is 15.3 Å². The molecule has 9 nitrogen and oxygen atoms in total. The molecule has 5 N–H and O–H groups in total. The van der Waals surface area contributed by atoms with Crippen molar-refractivity contribution < 1.29 is 36.9 Å². The van der Waals surface area contributed by atoms with E-state index in [1.807, 2.05) is 0 Å². The van der Waals surface area contributed by atoms with E-state index in [9.17, 15) is 32.3 Å². The molecule has 3 heterocycles. The minimum Gasteiger partial charge on any atom is -0.488 e. The summed E-state index contributed by atoms with van der Waals surface area (Å²) < 4.78 is 68.0. The summed E-state index contributed by atoms with van der Waals surface area (Å²) in [4.78, 5) is 32.7. The van der Waals surface area contributed by atoms with Crippen LogP contribution in [0.4, 0.5) is 17.6 Å². The Balaban J connectivity index is 1.26. The van der Waals surface area contributed by atoms with Crippen LogP contribution < -0.4 is 26.1 Å². The van der Waals surface area contributed by atoms with E-state index in [1.54, 1.807) is 12.1 Å². The van der Waals surface area contributed by atoms with Crippen molar-refractivity contribution >= 4 is 16.8 Å². The SMILES string of the molecule is N[C@@]1(C(F)(F)F)COc2c1cc(C(O)(CNC(=O)c1cc(OC3CC3)c3[nH]c(=O)ccc3c1)C1CC1)nc2-c1ccc(F)cc1. The number of alkyl halides is 3. The number of nitrogens with zero attached hydrogens (tertiary/aromatic N) is 1. The van der Waals surface area contributed by atoms with Crippen molar-refractivity contribution in [2.24, 2.45) is 11.7 Å². The number of benzene rings is 2. The lowest BCUT2D eigenvalue weighted by atomic mass is 9.86. The second kappa shape index (κ2) is 10.3. The molecule has 3 aliphatic rings. The number of ether oxygens (including phenoxy) is 2. The standard InChI is InChI=1S/C32H28F4N4O5/c33-20-6-1-16(2-7-20)27-28-22(31(37,15-44-28)32(34,35)36)13-24(39-27)30(43,19-4-5-19)14-38-29(42)18-11-17-3-10-25(41)40-26(17)23(12-18)45-21-8-9-21/h1-3,6-7,10-13,19,21,43H,4-5,8-9,14-15,37H2,(H,38,42)(H,40,41)/t30?,31-/m0/s1. The highest BCUT2D eigenvalue weighted by atomic mass is 19.4. The van der Waals surface area contributed by atoms with Gasteiger partial charge in [-0.25, -0.2) is 9.37 Å². The molecule has 0 spiro atoms. The van der Waals surface area contributed by atoms with Gasteiger partial charge in [0.2, 0.25) is 5.56 Å². The summed E-state index contributed by atoms with van der Waals surface area (Å²) in [5, 5.41) is 15.3. The van der Waals surface area contributed by atoms with Crippen molar-refractivity contribution in [2.45, 2.75) is 49.1 Å². The first-order valence-corrected chi connectivity index (χ1v) is 14.5. The van der Waals surface area contributed by atoms with Crippen LogP contribution in [-0.2, 0) is 11.1 Å². The molecule has 0 bridgehead atoms. The molecule has 4 aromatic rings. The number of nitrogens with two attached hydrogens (primary N) is 1. The van der Waals surface area contributed by atoms with Crippen molar-refractivity contribution in [1.29, 1.82) is 0 Å². The Labute approximate surface area is 253 Å². The molecule has 234 valence electrons. The number of rotatable bonds is 8. The van der Waals surface area contributed by atoms with E-state index in [2.05, 4.69) is 15.3 Å². The van der Waals surface area contributed by atoms with Gasteiger partial charge < -0.3 is 30.6 Å². The summed E-state index contributed by atoms with van der Waals surface area (Å²) in [5.41, 5.74) is 1.18. The summed E-state index contributed by atoms with van der Waals surface area (Å²) >= 11 is 0. The fraction of sp³-hybridized carbons (Fsp3) is 0.344. The van der Waals surface area contributed by atoms with Gasteiger partial charge in [-0.3, -0.25) is 9.59 Å². The van der Waals surface area contributed by atoms with Gasteiger partial charge in [0.05, 0.1) is 23.9 Å². The fourth-order valence-corrected chi connectivity index (χ4v) is 5.68. The summed E-state index contributed by atoms with van der Waals surface area (Å²) in [6.07, 6.45) is -2.14. The summed E-state index contributed by atoms with van der Waals surface area (Å²) in [6.45, 7) is -1.28. The number of carbonyl (C=O) groups is 1. The van der Waals surface area contributed by atoms with Crippen LogP contribution in [0.2, 0.25) is 0 Å². The molecule has 2 saturated carbocycles.